The molecule has 2 heterocycles. The zero-order chi connectivity index (χ0) is 14.6. The number of hydrogen-bond acceptors (Lipinski definition) is 3. The third-order valence-electron chi connectivity index (χ3n) is 2.78. The van der Waals surface area contributed by atoms with Gasteiger partial charge in [-0.3, -0.25) is 5.10 Å². The normalized spacial score (nSPS) is 14.3. The van der Waals surface area contributed by atoms with Gasteiger partial charge in [-0.25, -0.2) is 4.79 Å². The van der Waals surface area contributed by atoms with Crippen molar-refractivity contribution in [2.45, 2.75) is 60.1 Å². The Balaban J connectivity index is 0.000000861. The Morgan fingerprint density at radius 1 is 1.37 bits per heavy atom. The highest BCUT2D eigenvalue weighted by Gasteiger charge is 2.27. The van der Waals surface area contributed by atoms with Crippen LogP contribution in [0.1, 0.15) is 51.6 Å². The number of H-pyrrole nitrogens is 1. The standard InChI is InChI=1S/C12H19N3O2.C2H6/c1-8-9-5-6-15(7-10(9)14-13-8)11(16)17-12(2,3)4;1-2/h5-7H2,1-4H3,(H,13,14);1-2H3. The summed E-state index contributed by atoms with van der Waals surface area (Å²) in [7, 11) is 0. The van der Waals surface area contributed by atoms with Gasteiger partial charge in [0.2, 0.25) is 0 Å². The van der Waals surface area contributed by atoms with Gasteiger partial charge in [0.25, 0.3) is 0 Å². The van der Waals surface area contributed by atoms with E-state index < -0.39 is 5.60 Å². The van der Waals surface area contributed by atoms with Crippen LogP contribution in [-0.2, 0) is 17.7 Å². The number of amides is 1. The number of fused-ring (bicyclic) bond motifs is 1. The second-order valence-electron chi connectivity index (χ2n) is 5.43. The SMILES string of the molecule is CC.Cc1[nH]nc2c1CCN(C(=O)OC(C)(C)C)C2. The zero-order valence-electron chi connectivity index (χ0n) is 12.8. The first kappa shape index (κ1) is 15.5. The van der Waals surface area contributed by atoms with Crippen molar-refractivity contribution in [1.29, 1.82) is 0 Å². The number of nitrogens with zero attached hydrogens (tertiary/aromatic N) is 2. The Labute approximate surface area is 115 Å². The van der Waals surface area contributed by atoms with E-state index in [0.717, 1.165) is 17.8 Å². The highest BCUT2D eigenvalue weighted by molar-refractivity contribution is 5.68. The van der Waals surface area contributed by atoms with E-state index in [1.165, 1.54) is 5.56 Å². The molecule has 1 aromatic rings. The number of ether oxygens (including phenoxy) is 1. The van der Waals surface area contributed by atoms with Crippen molar-refractivity contribution in [3.8, 4) is 0 Å². The summed E-state index contributed by atoms with van der Waals surface area (Å²) < 4.78 is 5.35. The fourth-order valence-electron chi connectivity index (χ4n) is 1.95. The van der Waals surface area contributed by atoms with Crippen molar-refractivity contribution in [2.75, 3.05) is 6.54 Å². The van der Waals surface area contributed by atoms with Gasteiger partial charge in [0, 0.05) is 12.2 Å². The molecule has 0 saturated carbocycles. The Bertz CT molecular complexity index is 432. The van der Waals surface area contributed by atoms with Gasteiger partial charge in [-0.15, -0.1) is 0 Å². The first-order chi connectivity index (χ1) is 8.87. The molecule has 0 spiro atoms. The average molecular weight is 267 g/mol. The summed E-state index contributed by atoms with van der Waals surface area (Å²) in [5, 5.41) is 7.17. The Morgan fingerprint density at radius 3 is 2.58 bits per heavy atom. The van der Waals surface area contributed by atoms with Crippen molar-refractivity contribution in [3.63, 3.8) is 0 Å². The van der Waals surface area contributed by atoms with E-state index in [4.69, 9.17) is 4.74 Å². The van der Waals surface area contributed by atoms with Crippen molar-refractivity contribution in [2.24, 2.45) is 0 Å². The molecule has 0 unspecified atom stereocenters. The smallest absolute Gasteiger partial charge is 0.410 e. The minimum absolute atomic E-state index is 0.260. The minimum atomic E-state index is -0.446. The molecule has 0 aliphatic carbocycles. The van der Waals surface area contributed by atoms with E-state index in [1.807, 2.05) is 41.5 Å². The van der Waals surface area contributed by atoms with Crippen molar-refractivity contribution >= 4 is 6.09 Å². The highest BCUT2D eigenvalue weighted by Crippen LogP contribution is 2.21. The molecule has 108 valence electrons. The van der Waals surface area contributed by atoms with E-state index in [-0.39, 0.29) is 6.09 Å². The first-order valence-corrected chi connectivity index (χ1v) is 6.87. The molecule has 5 heteroatoms. The predicted molar refractivity (Wildman–Crippen MR) is 75.0 cm³/mol. The number of hydrogen-bond donors (Lipinski definition) is 1. The van der Waals surface area contributed by atoms with E-state index in [2.05, 4.69) is 10.2 Å². The van der Waals surface area contributed by atoms with E-state index in [0.29, 0.717) is 13.1 Å². The molecular formula is C14H25N3O2. The molecule has 0 fully saturated rings. The molecule has 0 radical (unpaired) electrons. The van der Waals surface area contributed by atoms with Crippen LogP contribution in [0.25, 0.3) is 0 Å². The molecular weight excluding hydrogens is 242 g/mol. The summed E-state index contributed by atoms with van der Waals surface area (Å²) >= 11 is 0. The van der Waals surface area contributed by atoms with Gasteiger partial charge in [-0.05, 0) is 39.7 Å². The van der Waals surface area contributed by atoms with Crippen molar-refractivity contribution < 1.29 is 9.53 Å². The van der Waals surface area contributed by atoms with Gasteiger partial charge in [0.15, 0.2) is 0 Å². The second kappa shape index (κ2) is 6.08. The topological polar surface area (TPSA) is 58.2 Å². The van der Waals surface area contributed by atoms with Crippen LogP contribution in [0, 0.1) is 6.92 Å². The largest absolute Gasteiger partial charge is 0.444 e. The minimum Gasteiger partial charge on any atom is -0.444 e. The number of aryl methyl sites for hydroxylation is 1. The summed E-state index contributed by atoms with van der Waals surface area (Å²) in [5.74, 6) is 0. The molecule has 5 nitrogen and oxygen atoms in total. The van der Waals surface area contributed by atoms with Gasteiger partial charge in [-0.1, -0.05) is 13.8 Å². The molecule has 1 aromatic heterocycles. The number of carbonyl (C=O) groups is 1. The lowest BCUT2D eigenvalue weighted by Gasteiger charge is -2.29. The number of carbonyl (C=O) groups excluding carboxylic acids is 1. The molecule has 0 saturated heterocycles. The van der Waals surface area contributed by atoms with Crippen molar-refractivity contribution in [1.82, 2.24) is 15.1 Å². The Hall–Kier alpha value is -1.52. The molecule has 0 bridgehead atoms. The first-order valence-electron chi connectivity index (χ1n) is 6.87. The summed E-state index contributed by atoms with van der Waals surface area (Å²) in [5.41, 5.74) is 2.85. The van der Waals surface area contributed by atoms with Gasteiger partial charge in [0.05, 0.1) is 12.2 Å². The van der Waals surface area contributed by atoms with E-state index in [1.54, 1.807) is 4.90 Å². The molecule has 1 aliphatic heterocycles. The molecule has 19 heavy (non-hydrogen) atoms. The summed E-state index contributed by atoms with van der Waals surface area (Å²) in [6.45, 7) is 12.9. The van der Waals surface area contributed by atoms with Crippen LogP contribution in [0.5, 0.6) is 0 Å². The molecule has 1 aliphatic rings. The van der Waals surface area contributed by atoms with E-state index in [9.17, 15) is 4.79 Å². The Kier molecular flexibility index (Phi) is 4.97. The van der Waals surface area contributed by atoms with Crippen LogP contribution in [0.4, 0.5) is 4.79 Å². The quantitative estimate of drug-likeness (QED) is 0.786. The monoisotopic (exact) mass is 267 g/mol. The fourth-order valence-corrected chi connectivity index (χ4v) is 1.95. The molecule has 2 rings (SSSR count). The van der Waals surface area contributed by atoms with Gasteiger partial charge in [0.1, 0.15) is 5.60 Å². The van der Waals surface area contributed by atoms with Crippen LogP contribution in [0.3, 0.4) is 0 Å². The van der Waals surface area contributed by atoms with Crippen LogP contribution >= 0.6 is 0 Å². The third kappa shape index (κ3) is 3.98. The summed E-state index contributed by atoms with van der Waals surface area (Å²) in [6, 6.07) is 0. The van der Waals surface area contributed by atoms with Crippen LogP contribution < -0.4 is 0 Å². The lowest BCUT2D eigenvalue weighted by molar-refractivity contribution is 0.0221. The number of aromatic nitrogens is 2. The third-order valence-corrected chi connectivity index (χ3v) is 2.78. The number of rotatable bonds is 0. The maximum Gasteiger partial charge on any atom is 0.410 e. The average Bonchev–Trinajstić information content (AvgIpc) is 2.71. The predicted octanol–water partition coefficient (Wildman–Crippen LogP) is 3.04. The van der Waals surface area contributed by atoms with E-state index >= 15 is 0 Å². The van der Waals surface area contributed by atoms with Crippen molar-refractivity contribution in [3.05, 3.63) is 17.0 Å². The lowest BCUT2D eigenvalue weighted by Crippen LogP contribution is -2.39. The van der Waals surface area contributed by atoms with Crippen LogP contribution in [0.15, 0.2) is 0 Å². The molecule has 1 N–H and O–H groups in total. The zero-order valence-corrected chi connectivity index (χ0v) is 12.8. The Morgan fingerprint density at radius 2 is 2.00 bits per heavy atom. The van der Waals surface area contributed by atoms with Gasteiger partial charge < -0.3 is 9.64 Å². The number of nitrogens with one attached hydrogen (secondary N) is 1. The summed E-state index contributed by atoms with van der Waals surface area (Å²) in [6.07, 6.45) is 0.584. The van der Waals surface area contributed by atoms with Crippen LogP contribution in [0.2, 0.25) is 0 Å². The fraction of sp³-hybridized carbons (Fsp3) is 0.714. The molecule has 0 aromatic carbocycles. The summed E-state index contributed by atoms with van der Waals surface area (Å²) in [4.78, 5) is 13.6. The molecule has 1 amide bonds. The maximum atomic E-state index is 11.9. The molecule has 0 atom stereocenters. The van der Waals surface area contributed by atoms with Gasteiger partial charge >= 0.3 is 6.09 Å². The lowest BCUT2D eigenvalue weighted by atomic mass is 10.1. The highest BCUT2D eigenvalue weighted by atomic mass is 16.6. The van der Waals surface area contributed by atoms with Crippen LogP contribution in [-0.4, -0.2) is 33.3 Å². The number of aromatic amines is 1. The second-order valence-corrected chi connectivity index (χ2v) is 5.43. The maximum absolute atomic E-state index is 11.9. The van der Waals surface area contributed by atoms with Gasteiger partial charge in [-0.2, -0.15) is 5.10 Å².